The number of aliphatic carboxylic acids is 1. The van der Waals surface area contributed by atoms with Gasteiger partial charge in [-0.3, -0.25) is 4.79 Å². The van der Waals surface area contributed by atoms with Crippen molar-refractivity contribution in [3.05, 3.63) is 29.8 Å². The van der Waals surface area contributed by atoms with Crippen molar-refractivity contribution in [1.82, 2.24) is 0 Å². The molecule has 0 aliphatic heterocycles. The summed E-state index contributed by atoms with van der Waals surface area (Å²) in [5.41, 5.74) is 0.0955. The Hall–Kier alpha value is -1.69. The molecule has 18 heavy (non-hydrogen) atoms. The first-order valence-electron chi connectivity index (χ1n) is 5.38. The smallest absolute Gasteiger partial charge is 0.339 e. The summed E-state index contributed by atoms with van der Waals surface area (Å²) >= 11 is 3.89. The molecule has 98 valence electrons. The normalized spacial score (nSPS) is 11.8. The van der Waals surface area contributed by atoms with Crippen LogP contribution in [0.15, 0.2) is 24.3 Å². The lowest BCUT2D eigenvalue weighted by molar-refractivity contribution is -0.136. The van der Waals surface area contributed by atoms with E-state index in [1.54, 1.807) is 18.2 Å². The van der Waals surface area contributed by atoms with E-state index in [0.717, 1.165) is 0 Å². The van der Waals surface area contributed by atoms with Crippen LogP contribution in [0.1, 0.15) is 23.2 Å². The summed E-state index contributed by atoms with van der Waals surface area (Å²) in [5.74, 6) is -1.73. The maximum absolute atomic E-state index is 10.9. The molecule has 1 unspecified atom stereocenters. The van der Waals surface area contributed by atoms with E-state index in [4.69, 9.17) is 14.9 Å². The molecule has 6 heteroatoms. The van der Waals surface area contributed by atoms with Gasteiger partial charge in [0.2, 0.25) is 0 Å². The van der Waals surface area contributed by atoms with Crippen LogP contribution in [0.25, 0.3) is 0 Å². The minimum atomic E-state index is -1.05. The average molecular weight is 270 g/mol. The van der Waals surface area contributed by atoms with Gasteiger partial charge in [0.05, 0.1) is 11.9 Å². The van der Waals surface area contributed by atoms with E-state index >= 15 is 0 Å². The van der Waals surface area contributed by atoms with Gasteiger partial charge >= 0.3 is 11.9 Å². The highest BCUT2D eigenvalue weighted by atomic mass is 32.1. The van der Waals surface area contributed by atoms with Crippen molar-refractivity contribution >= 4 is 24.6 Å². The fourth-order valence-corrected chi connectivity index (χ4v) is 1.53. The van der Waals surface area contributed by atoms with E-state index in [1.807, 2.05) is 0 Å². The number of aromatic carboxylic acids is 1. The van der Waals surface area contributed by atoms with E-state index in [-0.39, 0.29) is 17.9 Å². The van der Waals surface area contributed by atoms with Gasteiger partial charge in [-0.15, -0.1) is 0 Å². The molecular formula is C12H14O5S. The molecule has 0 bridgehead atoms. The molecule has 0 fully saturated rings. The Bertz CT molecular complexity index is 432. The molecule has 0 amide bonds. The van der Waals surface area contributed by atoms with Gasteiger partial charge in [0.15, 0.2) is 0 Å². The lowest BCUT2D eigenvalue weighted by Gasteiger charge is -2.09. The molecule has 0 radical (unpaired) electrons. The van der Waals surface area contributed by atoms with Crippen molar-refractivity contribution < 1.29 is 24.5 Å². The van der Waals surface area contributed by atoms with Crippen LogP contribution in [-0.4, -0.2) is 34.0 Å². The summed E-state index contributed by atoms with van der Waals surface area (Å²) in [4.78, 5) is 21.4. The zero-order valence-electron chi connectivity index (χ0n) is 9.57. The Labute approximate surface area is 110 Å². The quantitative estimate of drug-likeness (QED) is 0.521. The van der Waals surface area contributed by atoms with Crippen LogP contribution < -0.4 is 4.74 Å². The minimum Gasteiger partial charge on any atom is -0.493 e. The highest BCUT2D eigenvalue weighted by molar-refractivity contribution is 7.81. The lowest BCUT2D eigenvalue weighted by Crippen LogP contribution is -2.14. The van der Waals surface area contributed by atoms with Gasteiger partial charge < -0.3 is 14.9 Å². The van der Waals surface area contributed by atoms with Gasteiger partial charge in [-0.1, -0.05) is 12.1 Å². The number of benzene rings is 1. The van der Waals surface area contributed by atoms with Crippen molar-refractivity contribution in [1.29, 1.82) is 0 Å². The molecule has 5 nitrogen and oxygen atoms in total. The summed E-state index contributed by atoms with van der Waals surface area (Å²) in [7, 11) is 0. The first-order chi connectivity index (χ1) is 8.52. The van der Waals surface area contributed by atoms with Crippen LogP contribution in [0.2, 0.25) is 0 Å². The second-order valence-corrected chi connectivity index (χ2v) is 4.27. The number of thiol groups is 1. The second kappa shape index (κ2) is 6.90. The Morgan fingerprint density at radius 2 is 1.94 bits per heavy atom. The van der Waals surface area contributed by atoms with Crippen molar-refractivity contribution in [2.45, 2.75) is 18.1 Å². The molecule has 0 aromatic heterocycles. The molecule has 0 saturated carbocycles. The van der Waals surface area contributed by atoms with Crippen LogP contribution in [0.5, 0.6) is 5.75 Å². The monoisotopic (exact) mass is 270 g/mol. The highest BCUT2D eigenvalue weighted by Crippen LogP contribution is 2.18. The Morgan fingerprint density at radius 1 is 1.28 bits per heavy atom. The standard InChI is InChI=1S/C12H14O5S/c13-11(14)8-4-1-2-5-9(8)17-7-3-6-10(18)12(15)16/h1-2,4-5,10,18H,3,6-7H2,(H,13,14)(H,15,16). The van der Waals surface area contributed by atoms with Crippen LogP contribution in [0, 0.1) is 0 Å². The first kappa shape index (κ1) is 14.4. The number of rotatable bonds is 7. The molecule has 0 aliphatic carbocycles. The average Bonchev–Trinajstić information content (AvgIpc) is 2.34. The Balaban J connectivity index is 2.45. The molecule has 0 heterocycles. The number of carboxylic acids is 2. The molecule has 0 aliphatic rings. The molecule has 1 atom stereocenters. The maximum atomic E-state index is 10.9. The van der Waals surface area contributed by atoms with E-state index in [2.05, 4.69) is 12.6 Å². The fourth-order valence-electron chi connectivity index (χ4n) is 1.35. The van der Waals surface area contributed by atoms with Crippen molar-refractivity contribution in [3.63, 3.8) is 0 Å². The van der Waals surface area contributed by atoms with E-state index < -0.39 is 17.2 Å². The number of para-hydroxylation sites is 1. The number of carbonyl (C=O) groups is 2. The largest absolute Gasteiger partial charge is 0.493 e. The lowest BCUT2D eigenvalue weighted by atomic mass is 10.2. The molecule has 0 saturated heterocycles. The van der Waals surface area contributed by atoms with Crippen LogP contribution in [0.4, 0.5) is 0 Å². The predicted molar refractivity (Wildman–Crippen MR) is 68.5 cm³/mol. The molecule has 1 aromatic carbocycles. The second-order valence-electron chi connectivity index (χ2n) is 3.65. The van der Waals surface area contributed by atoms with Crippen molar-refractivity contribution in [3.8, 4) is 5.75 Å². The number of hydrogen-bond acceptors (Lipinski definition) is 4. The summed E-state index contributed by atoms with van der Waals surface area (Å²) in [6.07, 6.45) is 0.863. The SMILES string of the molecule is O=C(O)c1ccccc1OCCCC(S)C(=O)O. The Kier molecular flexibility index (Phi) is 5.51. The van der Waals surface area contributed by atoms with Crippen LogP contribution >= 0.6 is 12.6 Å². The van der Waals surface area contributed by atoms with Gasteiger partial charge in [0.1, 0.15) is 11.3 Å². The number of ether oxygens (including phenoxy) is 1. The predicted octanol–water partition coefficient (Wildman–Crippen LogP) is 1.93. The van der Waals surface area contributed by atoms with Gasteiger partial charge in [0.25, 0.3) is 0 Å². The van der Waals surface area contributed by atoms with Gasteiger partial charge in [-0.05, 0) is 25.0 Å². The zero-order valence-corrected chi connectivity index (χ0v) is 10.5. The van der Waals surface area contributed by atoms with E-state index in [9.17, 15) is 9.59 Å². The third-order valence-corrected chi connectivity index (χ3v) is 2.76. The third kappa shape index (κ3) is 4.29. The van der Waals surface area contributed by atoms with Gasteiger partial charge in [-0.25, -0.2) is 4.79 Å². The third-order valence-electron chi connectivity index (χ3n) is 2.28. The van der Waals surface area contributed by atoms with Crippen LogP contribution in [0.3, 0.4) is 0 Å². The summed E-state index contributed by atoms with van der Waals surface area (Å²) < 4.78 is 5.32. The molecule has 1 rings (SSSR count). The molecule has 1 aromatic rings. The summed E-state index contributed by atoms with van der Waals surface area (Å²) in [5, 5.41) is 16.8. The van der Waals surface area contributed by atoms with Crippen LogP contribution in [-0.2, 0) is 4.79 Å². The summed E-state index contributed by atoms with van der Waals surface area (Å²) in [6.45, 7) is 0.259. The first-order valence-corrected chi connectivity index (χ1v) is 5.90. The molecular weight excluding hydrogens is 256 g/mol. The fraction of sp³-hybridized carbons (Fsp3) is 0.333. The summed E-state index contributed by atoms with van der Waals surface area (Å²) in [6, 6.07) is 6.32. The highest BCUT2D eigenvalue weighted by Gasteiger charge is 2.12. The Morgan fingerprint density at radius 3 is 2.56 bits per heavy atom. The molecule has 2 N–H and O–H groups in total. The van der Waals surface area contributed by atoms with Gasteiger partial charge in [0, 0.05) is 0 Å². The van der Waals surface area contributed by atoms with Gasteiger partial charge in [-0.2, -0.15) is 12.6 Å². The zero-order chi connectivity index (χ0) is 13.5. The minimum absolute atomic E-state index is 0.0955. The number of carboxylic acid groups (broad SMARTS) is 2. The van der Waals surface area contributed by atoms with E-state index in [0.29, 0.717) is 12.8 Å². The topological polar surface area (TPSA) is 83.8 Å². The number of hydrogen-bond donors (Lipinski definition) is 3. The van der Waals surface area contributed by atoms with E-state index in [1.165, 1.54) is 6.07 Å². The molecule has 0 spiro atoms. The maximum Gasteiger partial charge on any atom is 0.339 e. The van der Waals surface area contributed by atoms with Crippen molar-refractivity contribution in [2.24, 2.45) is 0 Å². The van der Waals surface area contributed by atoms with Crippen molar-refractivity contribution in [2.75, 3.05) is 6.61 Å².